The normalized spacial score (nSPS) is 20.0. The number of benzene rings is 1. The van der Waals surface area contributed by atoms with Crippen LogP contribution in [0.3, 0.4) is 0 Å². The number of urea groups is 1. The molecule has 3 amide bonds. The number of nitrogens with one attached hydrogen (secondary N) is 1. The number of hydrogen-bond donors (Lipinski definition) is 2. The molecule has 0 saturated heterocycles. The summed E-state index contributed by atoms with van der Waals surface area (Å²) in [4.78, 5) is 35.4. The number of quaternary nitrogens is 1. The third-order valence-electron chi connectivity index (χ3n) is 4.83. The molecule has 0 spiro atoms. The number of amides is 3. The van der Waals surface area contributed by atoms with E-state index in [0.717, 1.165) is 20.8 Å². The number of carbonyl (C=O) groups excluding carboxylic acids is 2. The van der Waals surface area contributed by atoms with Crippen LogP contribution in [0.4, 0.5) is 9.80 Å². The van der Waals surface area contributed by atoms with Crippen LogP contribution in [0.1, 0.15) is 24.2 Å². The summed E-state index contributed by atoms with van der Waals surface area (Å²) in [5, 5.41) is 10.8. The lowest BCUT2D eigenvalue weighted by Crippen LogP contribution is -2.64. The molecule has 8 heteroatoms. The summed E-state index contributed by atoms with van der Waals surface area (Å²) in [6.07, 6.45) is 0. The fourth-order valence-electron chi connectivity index (χ4n) is 3.65. The molecule has 1 aliphatic rings. The molecule has 2 aromatic heterocycles. The van der Waals surface area contributed by atoms with Gasteiger partial charge in [-0.3, -0.25) is 4.79 Å². The van der Waals surface area contributed by atoms with Gasteiger partial charge in [0.25, 0.3) is 5.91 Å². The monoisotopic (exact) mass is 385 g/mol. The first-order valence-electron chi connectivity index (χ1n) is 8.77. The van der Waals surface area contributed by atoms with Crippen molar-refractivity contribution < 1.29 is 14.7 Å². The van der Waals surface area contributed by atoms with E-state index in [1.54, 1.807) is 6.07 Å². The second kappa shape index (κ2) is 6.26. The number of aromatic nitrogens is 2. The first kappa shape index (κ1) is 17.8. The lowest BCUT2D eigenvalue weighted by molar-refractivity contribution is 0.0656. The number of para-hydroxylation sites is 2. The van der Waals surface area contributed by atoms with Crippen molar-refractivity contribution in [2.75, 3.05) is 20.3 Å². The van der Waals surface area contributed by atoms with E-state index in [1.165, 1.54) is 18.4 Å². The number of nitrogens with zero attached hydrogens (tertiary/aromatic N) is 3. The number of aliphatic hydroxyl groups is 1. The highest BCUT2D eigenvalue weighted by atomic mass is 32.1. The van der Waals surface area contributed by atoms with Gasteiger partial charge in [0.05, 0.1) is 22.5 Å². The number of rotatable bonds is 4. The van der Waals surface area contributed by atoms with Crippen LogP contribution in [0.2, 0.25) is 0 Å². The number of imide groups is 1. The van der Waals surface area contributed by atoms with Gasteiger partial charge >= 0.3 is 6.03 Å². The van der Waals surface area contributed by atoms with Gasteiger partial charge in [-0.15, -0.1) is 0 Å². The van der Waals surface area contributed by atoms with Gasteiger partial charge in [-0.2, -0.15) is 4.48 Å². The number of aliphatic hydroxyl groups excluding tert-OH is 1. The van der Waals surface area contributed by atoms with Gasteiger partial charge in [-0.25, -0.2) is 14.7 Å². The lowest BCUT2D eigenvalue weighted by atomic mass is 10.1. The van der Waals surface area contributed by atoms with Crippen LogP contribution in [0.5, 0.6) is 0 Å². The van der Waals surface area contributed by atoms with Crippen molar-refractivity contribution in [3.05, 3.63) is 35.9 Å². The van der Waals surface area contributed by atoms with Crippen LogP contribution >= 0.6 is 11.3 Å². The van der Waals surface area contributed by atoms with Crippen molar-refractivity contribution >= 4 is 39.3 Å². The van der Waals surface area contributed by atoms with E-state index in [4.69, 9.17) is 0 Å². The molecule has 0 radical (unpaired) electrons. The van der Waals surface area contributed by atoms with Gasteiger partial charge in [-0.05, 0) is 18.2 Å². The van der Waals surface area contributed by atoms with Crippen molar-refractivity contribution in [3.8, 4) is 10.7 Å². The van der Waals surface area contributed by atoms with E-state index in [9.17, 15) is 14.7 Å². The fraction of sp³-hybridized carbons (Fsp3) is 0.316. The van der Waals surface area contributed by atoms with E-state index >= 15 is 0 Å². The van der Waals surface area contributed by atoms with Crippen molar-refractivity contribution in [2.45, 2.75) is 13.8 Å². The minimum absolute atomic E-state index is 0.160. The van der Waals surface area contributed by atoms with E-state index in [-0.39, 0.29) is 23.0 Å². The zero-order chi connectivity index (χ0) is 19.3. The highest BCUT2D eigenvalue weighted by Crippen LogP contribution is 2.44. The SMILES string of the molecule is CC(C)C[N+]1(CO)C(=O)N(C)C(=O)c2cc(-c3nc4ccccc4[nH]3)sc21. The highest BCUT2D eigenvalue weighted by molar-refractivity contribution is 7.19. The first-order chi connectivity index (χ1) is 12.9. The molecule has 1 atom stereocenters. The van der Waals surface area contributed by atoms with Gasteiger partial charge in [0.2, 0.25) is 5.00 Å². The van der Waals surface area contributed by atoms with Crippen LogP contribution in [0, 0.1) is 5.92 Å². The molecule has 0 aliphatic carbocycles. The average Bonchev–Trinajstić information content (AvgIpc) is 3.27. The van der Waals surface area contributed by atoms with Crippen molar-refractivity contribution in [1.82, 2.24) is 19.4 Å². The number of carbonyl (C=O) groups is 2. The minimum atomic E-state index is -0.401. The summed E-state index contributed by atoms with van der Waals surface area (Å²) >= 11 is 1.34. The van der Waals surface area contributed by atoms with Crippen LogP contribution in [-0.2, 0) is 0 Å². The molecule has 7 nitrogen and oxygen atoms in total. The quantitative estimate of drug-likeness (QED) is 0.674. The molecule has 0 fully saturated rings. The molecule has 1 aromatic carbocycles. The van der Waals surface area contributed by atoms with Gasteiger partial charge in [-0.1, -0.05) is 37.3 Å². The summed E-state index contributed by atoms with van der Waals surface area (Å²) in [7, 11) is 1.47. The summed E-state index contributed by atoms with van der Waals surface area (Å²) < 4.78 is -0.264. The number of thiophene rings is 1. The first-order valence-corrected chi connectivity index (χ1v) is 9.59. The van der Waals surface area contributed by atoms with Crippen LogP contribution < -0.4 is 4.48 Å². The maximum Gasteiger partial charge on any atom is 0.433 e. The summed E-state index contributed by atoms with van der Waals surface area (Å²) in [6, 6.07) is 9.07. The topological polar surface area (TPSA) is 86.3 Å². The lowest BCUT2D eigenvalue weighted by Gasteiger charge is -2.38. The highest BCUT2D eigenvalue weighted by Gasteiger charge is 2.52. The Morgan fingerprint density at radius 3 is 2.70 bits per heavy atom. The molecule has 3 aromatic rings. The fourth-order valence-corrected chi connectivity index (χ4v) is 4.87. The maximum absolute atomic E-state index is 13.0. The Morgan fingerprint density at radius 2 is 2.04 bits per heavy atom. The Hall–Kier alpha value is -2.55. The molecule has 3 heterocycles. The van der Waals surface area contributed by atoms with Crippen molar-refractivity contribution in [3.63, 3.8) is 0 Å². The Balaban J connectivity index is 1.91. The zero-order valence-corrected chi connectivity index (χ0v) is 16.2. The molecule has 1 aliphatic heterocycles. The third-order valence-corrected chi connectivity index (χ3v) is 6.12. The second-order valence-corrected chi connectivity index (χ2v) is 8.30. The van der Waals surface area contributed by atoms with Crippen LogP contribution in [-0.4, -0.2) is 52.2 Å². The number of fused-ring (bicyclic) bond motifs is 2. The average molecular weight is 385 g/mol. The number of H-pyrrole nitrogens is 1. The summed E-state index contributed by atoms with van der Waals surface area (Å²) in [6.45, 7) is 4.02. The minimum Gasteiger partial charge on any atom is -0.346 e. The summed E-state index contributed by atoms with van der Waals surface area (Å²) in [5.41, 5.74) is 2.19. The van der Waals surface area contributed by atoms with Crippen LogP contribution in [0.15, 0.2) is 30.3 Å². The molecule has 4 rings (SSSR count). The molecule has 140 valence electrons. The Bertz CT molecular complexity index is 1020. The van der Waals surface area contributed by atoms with Gasteiger partial charge in [0.15, 0.2) is 6.73 Å². The molecule has 2 N–H and O–H groups in total. The van der Waals surface area contributed by atoms with Gasteiger partial charge in [0.1, 0.15) is 11.4 Å². The maximum atomic E-state index is 13.0. The molecular formula is C19H21N4O3S+. The van der Waals surface area contributed by atoms with E-state index < -0.39 is 6.03 Å². The third kappa shape index (κ3) is 2.60. The summed E-state index contributed by atoms with van der Waals surface area (Å²) in [5.74, 6) is 0.464. The molecule has 1 unspecified atom stereocenters. The largest absolute Gasteiger partial charge is 0.433 e. The van der Waals surface area contributed by atoms with E-state index in [1.807, 2.05) is 38.1 Å². The Kier molecular flexibility index (Phi) is 4.14. The zero-order valence-electron chi connectivity index (χ0n) is 15.4. The second-order valence-electron chi connectivity index (χ2n) is 7.26. The van der Waals surface area contributed by atoms with Crippen molar-refractivity contribution in [2.24, 2.45) is 5.92 Å². The van der Waals surface area contributed by atoms with E-state index in [0.29, 0.717) is 22.9 Å². The molecular weight excluding hydrogens is 364 g/mol. The predicted octanol–water partition coefficient (Wildman–Crippen LogP) is 3.41. The number of hydrogen-bond acceptors (Lipinski definition) is 5. The Labute approximate surface area is 160 Å². The van der Waals surface area contributed by atoms with Gasteiger partial charge < -0.3 is 10.1 Å². The van der Waals surface area contributed by atoms with Gasteiger partial charge in [0, 0.05) is 13.0 Å². The number of imidazole rings is 1. The Morgan fingerprint density at radius 1 is 1.30 bits per heavy atom. The van der Waals surface area contributed by atoms with E-state index in [2.05, 4.69) is 9.97 Å². The standard InChI is InChI=1S/C19H21N4O3S/c1-11(2)9-23(10-24)18-12(17(25)22(3)19(23)26)8-15(27-18)16-20-13-6-4-5-7-14(13)21-16/h4-8,11,24H,9-10H2,1-3H3,(H,20,21)/q+1. The smallest absolute Gasteiger partial charge is 0.346 e. The molecule has 27 heavy (non-hydrogen) atoms. The number of aromatic amines is 1. The van der Waals surface area contributed by atoms with Crippen molar-refractivity contribution in [1.29, 1.82) is 0 Å². The molecule has 0 saturated carbocycles. The molecule has 0 bridgehead atoms. The predicted molar refractivity (Wildman–Crippen MR) is 105 cm³/mol. The van der Waals surface area contributed by atoms with Crippen LogP contribution in [0.25, 0.3) is 21.7 Å².